The van der Waals surface area contributed by atoms with Crippen molar-refractivity contribution in [3.63, 3.8) is 0 Å². The number of ether oxygens (including phenoxy) is 1. The van der Waals surface area contributed by atoms with Gasteiger partial charge in [0.15, 0.2) is 0 Å². The molecule has 0 spiro atoms. The molecule has 3 rings (SSSR count). The first-order valence-electron chi connectivity index (χ1n) is 7.63. The van der Waals surface area contributed by atoms with Crippen molar-refractivity contribution in [2.75, 3.05) is 0 Å². The van der Waals surface area contributed by atoms with Crippen molar-refractivity contribution in [2.45, 2.75) is 6.92 Å². The first-order valence-corrected chi connectivity index (χ1v) is 7.63. The average Bonchev–Trinajstić information content (AvgIpc) is 2.61. The second-order valence-corrected chi connectivity index (χ2v) is 5.49. The lowest BCUT2D eigenvalue weighted by atomic mass is 10.1. The molecule has 0 fully saturated rings. The van der Waals surface area contributed by atoms with Crippen LogP contribution in [0.15, 0.2) is 72.9 Å². The molecule has 0 saturated heterocycles. The minimum atomic E-state index is -0.415. The van der Waals surface area contributed by atoms with Crippen LogP contribution in [0.1, 0.15) is 18.1 Å². The molecule has 1 aromatic heterocycles. The molecule has 0 amide bonds. The lowest BCUT2D eigenvalue weighted by molar-refractivity contribution is -0.130. The Morgan fingerprint density at radius 1 is 1.04 bits per heavy atom. The molecule has 3 aromatic rings. The van der Waals surface area contributed by atoms with Crippen LogP contribution in [0.3, 0.4) is 0 Å². The number of para-hydroxylation sites is 1. The van der Waals surface area contributed by atoms with Crippen molar-refractivity contribution in [1.29, 1.82) is 0 Å². The van der Waals surface area contributed by atoms with E-state index in [1.165, 1.54) is 0 Å². The number of rotatable bonds is 4. The number of nitrogens with zero attached hydrogens (tertiary/aromatic N) is 1. The van der Waals surface area contributed by atoms with E-state index in [4.69, 9.17) is 4.74 Å². The molecule has 2 aromatic carbocycles. The molecule has 0 aliphatic heterocycles. The monoisotopic (exact) mass is 315 g/mol. The van der Waals surface area contributed by atoms with Crippen molar-refractivity contribution in [3.8, 4) is 5.75 Å². The first kappa shape index (κ1) is 15.7. The van der Waals surface area contributed by atoms with Gasteiger partial charge in [0.25, 0.3) is 0 Å². The number of hydrogen-bond donors (Lipinski definition) is 0. The molecular weight excluding hydrogens is 298 g/mol. The quantitative estimate of drug-likeness (QED) is 0.391. The van der Waals surface area contributed by atoms with E-state index < -0.39 is 5.97 Å². The van der Waals surface area contributed by atoms with Crippen LogP contribution in [0.4, 0.5) is 0 Å². The highest BCUT2D eigenvalue weighted by molar-refractivity contribution is 5.90. The van der Waals surface area contributed by atoms with Crippen molar-refractivity contribution < 1.29 is 9.53 Å². The zero-order chi connectivity index (χ0) is 16.9. The van der Waals surface area contributed by atoms with Crippen molar-refractivity contribution >= 4 is 29.0 Å². The molecule has 0 radical (unpaired) electrons. The third-order valence-corrected chi connectivity index (χ3v) is 3.58. The van der Waals surface area contributed by atoms with Crippen LogP contribution in [0.5, 0.6) is 5.75 Å². The van der Waals surface area contributed by atoms with Crippen LogP contribution in [0, 0.1) is 0 Å². The Labute approximate surface area is 140 Å². The van der Waals surface area contributed by atoms with Gasteiger partial charge in [-0.3, -0.25) is 4.98 Å². The van der Waals surface area contributed by atoms with E-state index in [0.717, 1.165) is 22.0 Å². The molecule has 118 valence electrons. The number of esters is 1. The minimum Gasteiger partial charge on any atom is -0.423 e. The van der Waals surface area contributed by atoms with Gasteiger partial charge in [0.05, 0.1) is 5.52 Å². The summed E-state index contributed by atoms with van der Waals surface area (Å²) < 4.78 is 5.18. The molecule has 3 heteroatoms. The summed E-state index contributed by atoms with van der Waals surface area (Å²) in [7, 11) is 0. The number of carbonyl (C=O) groups excluding carboxylic acids is 1. The third kappa shape index (κ3) is 3.58. The van der Waals surface area contributed by atoms with E-state index in [1.807, 2.05) is 48.7 Å². The molecule has 0 unspecified atom stereocenters. The predicted octanol–water partition coefficient (Wildman–Crippen LogP) is 4.89. The number of aromatic nitrogens is 1. The van der Waals surface area contributed by atoms with E-state index >= 15 is 0 Å². The third-order valence-electron chi connectivity index (χ3n) is 3.58. The van der Waals surface area contributed by atoms with Crippen molar-refractivity contribution in [3.05, 3.63) is 84.1 Å². The highest BCUT2D eigenvalue weighted by Crippen LogP contribution is 2.20. The number of hydrogen-bond acceptors (Lipinski definition) is 3. The highest BCUT2D eigenvalue weighted by Gasteiger charge is 2.04. The maximum absolute atomic E-state index is 11.5. The molecule has 0 atom stereocenters. The van der Waals surface area contributed by atoms with E-state index in [9.17, 15) is 4.79 Å². The number of fused-ring (bicyclic) bond motifs is 1. The van der Waals surface area contributed by atoms with Gasteiger partial charge in [0, 0.05) is 17.2 Å². The largest absolute Gasteiger partial charge is 0.423 e. The van der Waals surface area contributed by atoms with E-state index in [-0.39, 0.29) is 0 Å². The summed E-state index contributed by atoms with van der Waals surface area (Å²) in [4.78, 5) is 15.9. The fourth-order valence-corrected chi connectivity index (χ4v) is 2.29. The number of pyridine rings is 1. The Balaban J connectivity index is 1.79. The zero-order valence-corrected chi connectivity index (χ0v) is 13.4. The maximum atomic E-state index is 11.5. The fraction of sp³-hybridized carbons (Fsp3) is 0.0476. The van der Waals surface area contributed by atoms with Crippen LogP contribution in [-0.4, -0.2) is 11.0 Å². The average molecular weight is 315 g/mol. The number of benzene rings is 2. The van der Waals surface area contributed by atoms with Gasteiger partial charge in [-0.05, 0) is 42.3 Å². The molecule has 0 saturated carbocycles. The second-order valence-electron chi connectivity index (χ2n) is 5.49. The fourth-order valence-electron chi connectivity index (χ4n) is 2.29. The summed E-state index contributed by atoms with van der Waals surface area (Å²) in [6.07, 6.45) is 5.88. The van der Waals surface area contributed by atoms with Gasteiger partial charge in [-0.15, -0.1) is 0 Å². The summed E-state index contributed by atoms with van der Waals surface area (Å²) in [6, 6.07) is 17.4. The standard InChI is InChI=1S/C21H17NO2/c1-15(2)21(23)24-18-11-8-16(9-12-18)7-10-17-13-14-22-20-6-4-3-5-19(17)20/h3-14H,1H2,2H3. The van der Waals surface area contributed by atoms with Crippen LogP contribution >= 0.6 is 0 Å². The highest BCUT2D eigenvalue weighted by atomic mass is 16.5. The zero-order valence-electron chi connectivity index (χ0n) is 13.4. The molecular formula is C21H17NO2. The Morgan fingerprint density at radius 2 is 1.79 bits per heavy atom. The van der Waals surface area contributed by atoms with E-state index in [1.54, 1.807) is 19.1 Å². The summed E-state index contributed by atoms with van der Waals surface area (Å²) >= 11 is 0. The van der Waals surface area contributed by atoms with Crippen LogP contribution in [0.25, 0.3) is 23.1 Å². The van der Waals surface area contributed by atoms with Gasteiger partial charge in [0.2, 0.25) is 0 Å². The van der Waals surface area contributed by atoms with Crippen molar-refractivity contribution in [2.24, 2.45) is 0 Å². The molecule has 3 nitrogen and oxygen atoms in total. The lowest BCUT2D eigenvalue weighted by Gasteiger charge is -2.04. The summed E-state index contributed by atoms with van der Waals surface area (Å²) in [5.41, 5.74) is 3.48. The first-order chi connectivity index (χ1) is 11.6. The summed E-state index contributed by atoms with van der Waals surface area (Å²) in [6.45, 7) is 5.19. The Kier molecular flexibility index (Phi) is 4.52. The van der Waals surface area contributed by atoms with Gasteiger partial charge in [-0.25, -0.2) is 4.79 Å². The van der Waals surface area contributed by atoms with Gasteiger partial charge in [-0.1, -0.05) is 49.1 Å². The predicted molar refractivity (Wildman–Crippen MR) is 97.6 cm³/mol. The van der Waals surface area contributed by atoms with Crippen LogP contribution in [0.2, 0.25) is 0 Å². The van der Waals surface area contributed by atoms with E-state index in [0.29, 0.717) is 11.3 Å². The van der Waals surface area contributed by atoms with Gasteiger partial charge in [0.1, 0.15) is 5.75 Å². The number of carbonyl (C=O) groups is 1. The summed E-state index contributed by atoms with van der Waals surface area (Å²) in [5.74, 6) is 0.0936. The lowest BCUT2D eigenvalue weighted by Crippen LogP contribution is -2.07. The second kappa shape index (κ2) is 6.92. The van der Waals surface area contributed by atoms with Crippen LogP contribution in [-0.2, 0) is 4.79 Å². The van der Waals surface area contributed by atoms with Gasteiger partial charge >= 0.3 is 5.97 Å². The van der Waals surface area contributed by atoms with Crippen molar-refractivity contribution in [1.82, 2.24) is 4.98 Å². The van der Waals surface area contributed by atoms with Crippen LogP contribution < -0.4 is 4.74 Å². The summed E-state index contributed by atoms with van der Waals surface area (Å²) in [5, 5.41) is 1.11. The normalized spacial score (nSPS) is 10.9. The molecule has 1 heterocycles. The molecule has 24 heavy (non-hydrogen) atoms. The van der Waals surface area contributed by atoms with Gasteiger partial charge in [-0.2, -0.15) is 0 Å². The Hall–Kier alpha value is -3.20. The topological polar surface area (TPSA) is 39.2 Å². The molecule has 0 bridgehead atoms. The SMILES string of the molecule is C=C(C)C(=O)Oc1ccc(C=Cc2ccnc3ccccc23)cc1. The maximum Gasteiger partial charge on any atom is 0.338 e. The Morgan fingerprint density at radius 3 is 2.54 bits per heavy atom. The molecule has 0 aliphatic rings. The minimum absolute atomic E-state index is 0.378. The Bertz CT molecular complexity index is 919. The van der Waals surface area contributed by atoms with E-state index in [2.05, 4.69) is 23.7 Å². The smallest absolute Gasteiger partial charge is 0.338 e. The van der Waals surface area contributed by atoms with Gasteiger partial charge < -0.3 is 4.74 Å². The molecule has 0 N–H and O–H groups in total. The molecule has 0 aliphatic carbocycles.